The van der Waals surface area contributed by atoms with Crippen molar-refractivity contribution in [1.82, 2.24) is 4.31 Å². The number of halogens is 1. The van der Waals surface area contributed by atoms with Crippen molar-refractivity contribution in [3.8, 4) is 11.5 Å². The average Bonchev–Trinajstić information content (AvgIpc) is 3.12. The van der Waals surface area contributed by atoms with Gasteiger partial charge in [0.05, 0.1) is 24.5 Å². The zero-order chi connectivity index (χ0) is 18.0. The van der Waals surface area contributed by atoms with Crippen LogP contribution in [0, 0.1) is 0 Å². The van der Waals surface area contributed by atoms with E-state index in [1.54, 1.807) is 60.6 Å². The molecule has 1 saturated heterocycles. The van der Waals surface area contributed by atoms with Crippen LogP contribution in [0.1, 0.15) is 10.9 Å². The van der Waals surface area contributed by atoms with Crippen LogP contribution in [-0.4, -0.2) is 39.2 Å². The zero-order valence-electron chi connectivity index (χ0n) is 13.8. The topological polar surface area (TPSA) is 55.8 Å². The predicted molar refractivity (Wildman–Crippen MR) is 103 cm³/mol. The van der Waals surface area contributed by atoms with E-state index in [-0.39, 0.29) is 5.37 Å². The first-order chi connectivity index (χ1) is 12.0. The van der Waals surface area contributed by atoms with E-state index < -0.39 is 10.0 Å². The molecule has 2 aromatic rings. The minimum absolute atomic E-state index is 0.284. The monoisotopic (exact) mass is 443 g/mol. The van der Waals surface area contributed by atoms with E-state index in [1.165, 1.54) is 0 Å². The molecule has 0 N–H and O–H groups in total. The average molecular weight is 444 g/mol. The minimum atomic E-state index is -3.57. The van der Waals surface area contributed by atoms with Crippen LogP contribution in [0.3, 0.4) is 0 Å². The van der Waals surface area contributed by atoms with Crippen LogP contribution in [-0.2, 0) is 10.0 Å². The molecule has 1 fully saturated rings. The summed E-state index contributed by atoms with van der Waals surface area (Å²) in [5.41, 5.74) is 0.876. The fourth-order valence-corrected chi connectivity index (χ4v) is 6.21. The van der Waals surface area contributed by atoms with Gasteiger partial charge >= 0.3 is 0 Å². The molecule has 25 heavy (non-hydrogen) atoms. The number of hydrogen-bond donors (Lipinski definition) is 0. The molecular formula is C17H18BrNO4S2. The number of rotatable bonds is 5. The second-order valence-corrected chi connectivity index (χ2v) is 9.40. The van der Waals surface area contributed by atoms with Gasteiger partial charge in [0.25, 0.3) is 0 Å². The van der Waals surface area contributed by atoms with Gasteiger partial charge < -0.3 is 9.47 Å². The molecule has 1 unspecified atom stereocenters. The van der Waals surface area contributed by atoms with Gasteiger partial charge in [0.1, 0.15) is 0 Å². The Labute approximate surface area is 160 Å². The summed E-state index contributed by atoms with van der Waals surface area (Å²) in [6.07, 6.45) is 0. The van der Waals surface area contributed by atoms with Gasteiger partial charge in [0.2, 0.25) is 10.0 Å². The Kier molecular flexibility index (Phi) is 5.62. The third-order valence-electron chi connectivity index (χ3n) is 3.96. The van der Waals surface area contributed by atoms with Gasteiger partial charge in [0, 0.05) is 16.8 Å². The molecule has 0 aromatic heterocycles. The summed E-state index contributed by atoms with van der Waals surface area (Å²) in [6, 6.07) is 12.2. The van der Waals surface area contributed by atoms with E-state index in [9.17, 15) is 8.42 Å². The summed E-state index contributed by atoms with van der Waals surface area (Å²) in [6.45, 7) is 0.474. The van der Waals surface area contributed by atoms with Gasteiger partial charge in [-0.1, -0.05) is 22.0 Å². The van der Waals surface area contributed by atoms with Crippen molar-refractivity contribution in [3.05, 3.63) is 52.5 Å². The smallest absolute Gasteiger partial charge is 0.244 e. The Hall–Kier alpha value is -1.22. The summed E-state index contributed by atoms with van der Waals surface area (Å²) in [4.78, 5) is 0.295. The lowest BCUT2D eigenvalue weighted by atomic mass is 10.2. The number of benzene rings is 2. The van der Waals surface area contributed by atoms with Crippen molar-refractivity contribution in [1.29, 1.82) is 0 Å². The van der Waals surface area contributed by atoms with E-state index in [2.05, 4.69) is 15.9 Å². The van der Waals surface area contributed by atoms with Gasteiger partial charge in [-0.05, 0) is 42.0 Å². The Morgan fingerprint density at radius 3 is 2.40 bits per heavy atom. The summed E-state index contributed by atoms with van der Waals surface area (Å²) in [5.74, 6) is 1.96. The summed E-state index contributed by atoms with van der Waals surface area (Å²) >= 11 is 4.94. The predicted octanol–water partition coefficient (Wildman–Crippen LogP) is 3.90. The molecule has 1 heterocycles. The zero-order valence-corrected chi connectivity index (χ0v) is 17.0. The highest BCUT2D eigenvalue weighted by atomic mass is 79.9. The molecule has 134 valence electrons. The van der Waals surface area contributed by atoms with Crippen LogP contribution in [0.15, 0.2) is 51.8 Å². The molecule has 0 aliphatic carbocycles. The maximum absolute atomic E-state index is 13.0. The lowest BCUT2D eigenvalue weighted by Crippen LogP contribution is -2.30. The first-order valence-electron chi connectivity index (χ1n) is 7.58. The van der Waals surface area contributed by atoms with E-state index in [0.29, 0.717) is 22.9 Å². The number of hydrogen-bond acceptors (Lipinski definition) is 5. The molecule has 0 saturated carbocycles. The van der Waals surface area contributed by atoms with Crippen LogP contribution in [0.25, 0.3) is 0 Å². The molecule has 0 amide bonds. The first kappa shape index (κ1) is 18.6. The van der Waals surface area contributed by atoms with Crippen molar-refractivity contribution in [2.24, 2.45) is 0 Å². The third-order valence-corrected chi connectivity index (χ3v) is 7.76. The molecule has 0 spiro atoms. The standard InChI is InChI=1S/C17H18BrNO4S2/c1-22-15-8-3-12(11-16(15)23-2)17-19(9-10-24-17)25(20,21)14-6-4-13(18)5-7-14/h3-8,11,17H,9-10H2,1-2H3. The van der Waals surface area contributed by atoms with Gasteiger partial charge in [-0.15, -0.1) is 11.8 Å². The Balaban J connectivity index is 1.96. The summed E-state index contributed by atoms with van der Waals surface area (Å²) in [5, 5.41) is -0.284. The number of sulfonamides is 1. The van der Waals surface area contributed by atoms with Gasteiger partial charge in [0.15, 0.2) is 11.5 Å². The molecule has 2 aromatic carbocycles. The third kappa shape index (κ3) is 3.67. The number of thioether (sulfide) groups is 1. The van der Waals surface area contributed by atoms with E-state index in [1.807, 2.05) is 12.1 Å². The van der Waals surface area contributed by atoms with Gasteiger partial charge in [-0.25, -0.2) is 8.42 Å². The molecule has 1 aliphatic rings. The molecule has 1 atom stereocenters. The minimum Gasteiger partial charge on any atom is -0.493 e. The summed E-state index contributed by atoms with van der Waals surface area (Å²) < 4.78 is 39.1. The molecule has 3 rings (SSSR count). The Morgan fingerprint density at radius 1 is 1.08 bits per heavy atom. The van der Waals surface area contributed by atoms with Crippen LogP contribution >= 0.6 is 27.7 Å². The lowest BCUT2D eigenvalue weighted by Gasteiger charge is -2.24. The van der Waals surface area contributed by atoms with Gasteiger partial charge in [-0.3, -0.25) is 0 Å². The van der Waals surface area contributed by atoms with Crippen molar-refractivity contribution in [3.63, 3.8) is 0 Å². The molecular weight excluding hydrogens is 426 g/mol. The van der Waals surface area contributed by atoms with Crippen LogP contribution < -0.4 is 9.47 Å². The van der Waals surface area contributed by atoms with Crippen LogP contribution in [0.5, 0.6) is 11.5 Å². The number of methoxy groups -OCH3 is 2. The molecule has 5 nitrogen and oxygen atoms in total. The Morgan fingerprint density at radius 2 is 1.76 bits per heavy atom. The largest absolute Gasteiger partial charge is 0.493 e. The van der Waals surface area contributed by atoms with Crippen LogP contribution in [0.4, 0.5) is 0 Å². The molecule has 1 aliphatic heterocycles. The quantitative estimate of drug-likeness (QED) is 0.700. The van der Waals surface area contributed by atoms with Crippen molar-refractivity contribution >= 4 is 37.7 Å². The van der Waals surface area contributed by atoms with E-state index in [0.717, 1.165) is 15.8 Å². The highest BCUT2D eigenvalue weighted by Gasteiger charge is 2.37. The maximum atomic E-state index is 13.0. The van der Waals surface area contributed by atoms with Crippen molar-refractivity contribution in [2.45, 2.75) is 10.3 Å². The fraction of sp³-hybridized carbons (Fsp3) is 0.294. The molecule has 8 heteroatoms. The molecule has 0 bridgehead atoms. The fourth-order valence-electron chi connectivity index (χ4n) is 2.71. The second kappa shape index (κ2) is 7.57. The van der Waals surface area contributed by atoms with E-state index in [4.69, 9.17) is 9.47 Å². The Bertz CT molecular complexity index is 855. The number of ether oxygens (including phenoxy) is 2. The summed E-state index contributed by atoms with van der Waals surface area (Å²) in [7, 11) is -0.424. The lowest BCUT2D eigenvalue weighted by molar-refractivity contribution is 0.353. The van der Waals surface area contributed by atoms with Gasteiger partial charge in [-0.2, -0.15) is 4.31 Å². The highest BCUT2D eigenvalue weighted by Crippen LogP contribution is 2.43. The first-order valence-corrected chi connectivity index (χ1v) is 10.9. The second-order valence-electron chi connectivity index (χ2n) is 5.41. The van der Waals surface area contributed by atoms with E-state index >= 15 is 0 Å². The van der Waals surface area contributed by atoms with Crippen molar-refractivity contribution in [2.75, 3.05) is 26.5 Å². The van der Waals surface area contributed by atoms with Crippen LogP contribution in [0.2, 0.25) is 0 Å². The number of nitrogens with zero attached hydrogens (tertiary/aromatic N) is 1. The SMILES string of the molecule is COc1ccc(C2SCCN2S(=O)(=O)c2ccc(Br)cc2)cc1OC. The highest BCUT2D eigenvalue weighted by molar-refractivity contribution is 9.10. The maximum Gasteiger partial charge on any atom is 0.244 e. The molecule has 0 radical (unpaired) electrons. The van der Waals surface area contributed by atoms with Crippen molar-refractivity contribution < 1.29 is 17.9 Å². The normalized spacial score (nSPS) is 18.3.